The van der Waals surface area contributed by atoms with E-state index >= 15 is 0 Å². The zero-order chi connectivity index (χ0) is 21.9. The number of methoxy groups -OCH3 is 2. The fourth-order valence-corrected chi connectivity index (χ4v) is 8.31. The van der Waals surface area contributed by atoms with Gasteiger partial charge in [-0.2, -0.15) is 0 Å². The Morgan fingerprint density at radius 3 is 2.66 bits per heavy atom. The van der Waals surface area contributed by atoms with Crippen LogP contribution in [0.1, 0.15) is 35.4 Å². The van der Waals surface area contributed by atoms with E-state index in [-0.39, 0.29) is 22.9 Å². The number of rotatable bonds is 3. The van der Waals surface area contributed by atoms with Gasteiger partial charge in [0.2, 0.25) is 0 Å². The fraction of sp³-hybridized carbons (Fsp3) is 0.481. The predicted octanol–water partition coefficient (Wildman–Crippen LogP) is 3.67. The summed E-state index contributed by atoms with van der Waals surface area (Å²) in [6.07, 6.45) is 7.94. The normalized spacial score (nSPS) is 40.2. The van der Waals surface area contributed by atoms with Crippen LogP contribution in [0.2, 0.25) is 0 Å². The van der Waals surface area contributed by atoms with Crippen LogP contribution in [0.25, 0.3) is 0 Å². The molecule has 8 rings (SSSR count). The van der Waals surface area contributed by atoms with Crippen LogP contribution in [0.3, 0.4) is 0 Å². The Kier molecular flexibility index (Phi) is 3.50. The lowest BCUT2D eigenvalue weighted by Gasteiger charge is -2.71. The summed E-state index contributed by atoms with van der Waals surface area (Å²) in [5.74, 6) is 1.99. The molecule has 0 aromatic heterocycles. The highest BCUT2D eigenvalue weighted by atomic mass is 16.6. The third-order valence-corrected chi connectivity index (χ3v) is 9.62. The maximum atomic E-state index is 6.99. The fourth-order valence-electron chi connectivity index (χ4n) is 8.31. The number of ether oxygens (including phenoxy) is 3. The third-order valence-electron chi connectivity index (χ3n) is 9.62. The number of fused-ring (bicyclic) bond motifs is 1. The van der Waals surface area contributed by atoms with Crippen LogP contribution in [0, 0.1) is 5.41 Å². The topological polar surface area (TPSA) is 57.0 Å². The first-order valence-electron chi connectivity index (χ1n) is 11.7. The minimum atomic E-state index is -0.531. The summed E-state index contributed by atoms with van der Waals surface area (Å²) in [5, 5.41) is 0. The van der Waals surface area contributed by atoms with E-state index < -0.39 is 5.60 Å². The van der Waals surface area contributed by atoms with E-state index in [1.54, 1.807) is 7.11 Å². The Morgan fingerprint density at radius 1 is 1.09 bits per heavy atom. The Morgan fingerprint density at radius 2 is 1.91 bits per heavy atom. The van der Waals surface area contributed by atoms with Crippen LogP contribution in [0.15, 0.2) is 48.6 Å². The van der Waals surface area contributed by atoms with Gasteiger partial charge in [0, 0.05) is 35.7 Å². The van der Waals surface area contributed by atoms with Gasteiger partial charge >= 0.3 is 0 Å². The van der Waals surface area contributed by atoms with Gasteiger partial charge in [-0.25, -0.2) is 0 Å². The van der Waals surface area contributed by atoms with E-state index in [1.807, 2.05) is 19.2 Å². The molecule has 4 bridgehead atoms. The van der Waals surface area contributed by atoms with Crippen molar-refractivity contribution in [2.24, 2.45) is 5.41 Å². The molecule has 32 heavy (non-hydrogen) atoms. The molecule has 6 aliphatic rings. The lowest BCUT2D eigenvalue weighted by molar-refractivity contribution is -0.197. The Balaban J connectivity index is 1.53. The van der Waals surface area contributed by atoms with Crippen molar-refractivity contribution in [3.63, 3.8) is 0 Å². The number of nitrogen functional groups attached to an aromatic ring is 1. The monoisotopic (exact) mass is 430 g/mol. The van der Waals surface area contributed by atoms with Crippen LogP contribution in [-0.4, -0.2) is 50.5 Å². The SMILES string of the molecule is COc1ccc2c3c1O[C@H]1[C@@]4(OC)C=C[C@@]5(C[C@@H]4c4ccc(N)cc4)[C@@H](C2)N(C)CC[C@]315. The van der Waals surface area contributed by atoms with Crippen LogP contribution in [0.5, 0.6) is 11.5 Å². The molecule has 2 N–H and O–H groups in total. The standard InChI is InChI=1S/C27H30N2O3/c1-29-13-12-26-22-17-6-9-20(30-2)23(22)32-24(26)27(31-3)11-10-25(26,21(29)14-17)15-19(27)16-4-7-18(28)8-5-16/h4-11,19,21,24H,12-15,28H2,1-3H3/t19-,21-,24-,25-,26+,27-/m1/s1. The Hall–Kier alpha value is -2.50. The molecule has 2 spiro atoms. The molecule has 166 valence electrons. The number of hydrogen-bond donors (Lipinski definition) is 1. The first kappa shape index (κ1) is 19.0. The second-order valence-corrected chi connectivity index (χ2v) is 10.4. The van der Waals surface area contributed by atoms with Crippen molar-refractivity contribution in [2.45, 2.75) is 48.3 Å². The summed E-state index contributed by atoms with van der Waals surface area (Å²) in [6, 6.07) is 13.2. The molecule has 2 aliphatic heterocycles. The van der Waals surface area contributed by atoms with Gasteiger partial charge in [0.15, 0.2) is 11.5 Å². The zero-order valence-electron chi connectivity index (χ0n) is 18.9. The number of piperidine rings is 1. The largest absolute Gasteiger partial charge is 0.493 e. The summed E-state index contributed by atoms with van der Waals surface area (Å²) >= 11 is 0. The van der Waals surface area contributed by atoms with Crippen molar-refractivity contribution in [3.8, 4) is 11.5 Å². The lowest BCUT2D eigenvalue weighted by Crippen LogP contribution is -2.78. The third kappa shape index (κ3) is 1.84. The maximum Gasteiger partial charge on any atom is 0.166 e. The van der Waals surface area contributed by atoms with Crippen LogP contribution < -0.4 is 15.2 Å². The highest BCUT2D eigenvalue weighted by molar-refractivity contribution is 5.66. The number of nitrogens with zero attached hydrogens (tertiary/aromatic N) is 1. The maximum absolute atomic E-state index is 6.99. The van der Waals surface area contributed by atoms with Gasteiger partial charge in [-0.3, -0.25) is 0 Å². The molecule has 5 nitrogen and oxygen atoms in total. The predicted molar refractivity (Wildman–Crippen MR) is 123 cm³/mol. The quantitative estimate of drug-likeness (QED) is 0.595. The number of anilines is 1. The summed E-state index contributed by atoms with van der Waals surface area (Å²) < 4.78 is 19.3. The minimum Gasteiger partial charge on any atom is -0.493 e. The molecule has 2 fully saturated rings. The van der Waals surface area contributed by atoms with Crippen molar-refractivity contribution >= 4 is 5.69 Å². The molecular formula is C27H30N2O3. The van der Waals surface area contributed by atoms with Crippen molar-refractivity contribution in [1.29, 1.82) is 0 Å². The van der Waals surface area contributed by atoms with Gasteiger partial charge < -0.3 is 24.8 Å². The lowest BCUT2D eigenvalue weighted by atomic mass is 9.37. The number of benzene rings is 2. The minimum absolute atomic E-state index is 0.00160. The molecule has 1 saturated carbocycles. The zero-order valence-corrected chi connectivity index (χ0v) is 18.9. The van der Waals surface area contributed by atoms with E-state index in [2.05, 4.69) is 48.4 Å². The van der Waals surface area contributed by atoms with Gasteiger partial charge in [0.1, 0.15) is 11.7 Å². The van der Waals surface area contributed by atoms with Gasteiger partial charge in [0.05, 0.1) is 12.5 Å². The molecule has 2 aromatic carbocycles. The average molecular weight is 431 g/mol. The van der Waals surface area contributed by atoms with Crippen molar-refractivity contribution in [3.05, 3.63) is 65.2 Å². The second kappa shape index (κ2) is 5.89. The number of hydrogen-bond acceptors (Lipinski definition) is 5. The summed E-state index contributed by atoms with van der Waals surface area (Å²) in [6.45, 7) is 1.07. The van der Waals surface area contributed by atoms with Crippen LogP contribution in [0.4, 0.5) is 5.69 Å². The number of nitrogens with two attached hydrogens (primary N) is 1. The summed E-state index contributed by atoms with van der Waals surface area (Å²) in [7, 11) is 5.89. The number of likely N-dealkylation sites (tertiary alicyclic amines) is 1. The smallest absolute Gasteiger partial charge is 0.166 e. The van der Waals surface area contributed by atoms with Gasteiger partial charge in [-0.1, -0.05) is 30.4 Å². The van der Waals surface area contributed by atoms with Crippen molar-refractivity contribution in [1.82, 2.24) is 4.90 Å². The molecule has 0 radical (unpaired) electrons. The molecule has 0 unspecified atom stereocenters. The average Bonchev–Trinajstić information content (AvgIpc) is 3.19. The first-order chi connectivity index (χ1) is 15.5. The highest BCUT2D eigenvalue weighted by Gasteiger charge is 2.79. The van der Waals surface area contributed by atoms with Gasteiger partial charge in [-0.05, 0) is 62.2 Å². The molecule has 5 heteroatoms. The highest BCUT2D eigenvalue weighted by Crippen LogP contribution is 2.75. The van der Waals surface area contributed by atoms with E-state index in [0.29, 0.717) is 6.04 Å². The second-order valence-electron chi connectivity index (χ2n) is 10.4. The summed E-state index contributed by atoms with van der Waals surface area (Å²) in [5.41, 5.74) is 10.3. The van der Waals surface area contributed by atoms with Crippen molar-refractivity contribution in [2.75, 3.05) is 33.5 Å². The van der Waals surface area contributed by atoms with E-state index in [1.165, 1.54) is 16.7 Å². The van der Waals surface area contributed by atoms with E-state index in [9.17, 15) is 0 Å². The summed E-state index contributed by atoms with van der Waals surface area (Å²) in [4.78, 5) is 2.59. The molecule has 1 saturated heterocycles. The Bertz CT molecular complexity index is 1160. The number of likely N-dealkylation sites (N-methyl/N-ethyl adjacent to an activating group) is 1. The Labute approximate surface area is 189 Å². The van der Waals surface area contributed by atoms with E-state index in [4.69, 9.17) is 19.9 Å². The van der Waals surface area contributed by atoms with Crippen LogP contribution >= 0.6 is 0 Å². The molecule has 4 aliphatic carbocycles. The first-order valence-corrected chi connectivity index (χ1v) is 11.7. The van der Waals surface area contributed by atoms with Crippen LogP contribution in [-0.2, 0) is 16.6 Å². The molecule has 2 heterocycles. The molecule has 6 atom stereocenters. The molecule has 0 amide bonds. The van der Waals surface area contributed by atoms with Crippen molar-refractivity contribution < 1.29 is 14.2 Å². The molecular weight excluding hydrogens is 400 g/mol. The molecule has 2 aromatic rings. The van der Waals surface area contributed by atoms with Gasteiger partial charge in [0.25, 0.3) is 0 Å². The van der Waals surface area contributed by atoms with E-state index in [0.717, 1.165) is 43.0 Å². The van der Waals surface area contributed by atoms with Gasteiger partial charge in [-0.15, -0.1) is 0 Å².